The first kappa shape index (κ1) is 36.7. The zero-order chi connectivity index (χ0) is 26.8. The van der Waals surface area contributed by atoms with Gasteiger partial charge in [-0.2, -0.15) is 0 Å². The predicted octanol–water partition coefficient (Wildman–Crippen LogP) is 6.35. The van der Waals surface area contributed by atoms with Crippen molar-refractivity contribution in [3.63, 3.8) is 0 Å². The van der Waals surface area contributed by atoms with E-state index in [2.05, 4.69) is 21.0 Å². The van der Waals surface area contributed by atoms with Gasteiger partial charge in [0, 0.05) is 39.8 Å². The molecule has 0 aliphatic rings. The molecule has 0 radical (unpaired) electrons. The number of carboxylic acids is 1. The van der Waals surface area contributed by atoms with Crippen LogP contribution in [0, 0.1) is 0 Å². The minimum Gasteiger partial charge on any atom is -0.550 e. The Labute approximate surface area is 220 Å². The summed E-state index contributed by atoms with van der Waals surface area (Å²) in [6, 6.07) is 0.900. The molecule has 0 aromatic heterocycles. The van der Waals surface area contributed by atoms with E-state index in [1.807, 2.05) is 0 Å². The summed E-state index contributed by atoms with van der Waals surface area (Å²) in [5.41, 5.74) is 0. The molecule has 0 aromatic rings. The van der Waals surface area contributed by atoms with Gasteiger partial charge in [0.1, 0.15) is 0 Å². The highest BCUT2D eigenvalue weighted by Crippen LogP contribution is 2.17. The lowest BCUT2D eigenvalue weighted by atomic mass is 10.0. The SMILES string of the molecule is CC(=O)[O-].CCCCCCCCCCCCCCCCCC[N+](C)(C)CCC[Si](OC)(OC)OC. The van der Waals surface area contributed by atoms with E-state index in [0.717, 1.165) is 30.4 Å². The van der Waals surface area contributed by atoms with Crippen LogP contribution in [0.1, 0.15) is 123 Å². The second kappa shape index (κ2) is 25.2. The van der Waals surface area contributed by atoms with Gasteiger partial charge in [-0.1, -0.05) is 96.8 Å². The standard InChI is InChI=1S/C26H58NO3Si.C2H4O2/c1-7-8-9-10-11-12-13-14-15-16-17-18-19-20-21-22-24-27(2,3)25-23-26-31(28-4,29-5)30-6;1-2(3)4/h7-26H2,1-6H3;1H3,(H,3,4)/q+1;/p-1. The van der Waals surface area contributed by atoms with Gasteiger partial charge < -0.3 is 27.7 Å². The van der Waals surface area contributed by atoms with Crippen LogP contribution in [0.3, 0.4) is 0 Å². The first-order chi connectivity index (χ1) is 16.7. The van der Waals surface area contributed by atoms with Crippen molar-refractivity contribution in [1.82, 2.24) is 0 Å². The zero-order valence-electron chi connectivity index (χ0n) is 24.6. The van der Waals surface area contributed by atoms with Crippen LogP contribution in [0.25, 0.3) is 0 Å². The summed E-state index contributed by atoms with van der Waals surface area (Å²) in [5, 5.41) is 8.89. The molecule has 0 N–H and O–H groups in total. The topological polar surface area (TPSA) is 67.8 Å². The molecule has 0 amide bonds. The fourth-order valence-electron chi connectivity index (χ4n) is 4.48. The number of hydrogen-bond acceptors (Lipinski definition) is 5. The molecule has 0 saturated carbocycles. The van der Waals surface area contributed by atoms with Crippen molar-refractivity contribution in [2.75, 3.05) is 48.5 Å². The molecule has 6 nitrogen and oxygen atoms in total. The molecule has 0 aromatic carbocycles. The van der Waals surface area contributed by atoms with E-state index in [-0.39, 0.29) is 0 Å². The molecule has 0 heterocycles. The molecule has 35 heavy (non-hydrogen) atoms. The van der Waals surface area contributed by atoms with Crippen molar-refractivity contribution in [2.24, 2.45) is 0 Å². The number of hydrogen-bond donors (Lipinski definition) is 0. The lowest BCUT2D eigenvalue weighted by molar-refractivity contribution is -0.890. The molecule has 0 aliphatic carbocycles. The zero-order valence-corrected chi connectivity index (χ0v) is 25.6. The first-order valence-corrected chi connectivity index (χ1v) is 16.3. The van der Waals surface area contributed by atoms with Crippen LogP contribution in [-0.2, 0) is 18.1 Å². The van der Waals surface area contributed by atoms with Crippen LogP contribution in [0.4, 0.5) is 0 Å². The molecule has 0 rings (SSSR count). The predicted molar refractivity (Wildman–Crippen MR) is 148 cm³/mol. The maximum Gasteiger partial charge on any atom is 0.500 e. The second-order valence-electron chi connectivity index (χ2n) is 10.6. The largest absolute Gasteiger partial charge is 0.550 e. The van der Waals surface area contributed by atoms with Gasteiger partial charge >= 0.3 is 8.80 Å². The van der Waals surface area contributed by atoms with Gasteiger partial charge in [0.05, 0.1) is 27.2 Å². The highest BCUT2D eigenvalue weighted by atomic mass is 28.4. The van der Waals surface area contributed by atoms with Gasteiger partial charge in [0.2, 0.25) is 0 Å². The number of carbonyl (C=O) groups is 1. The lowest BCUT2D eigenvalue weighted by Crippen LogP contribution is -2.45. The Hall–Kier alpha value is -0.473. The monoisotopic (exact) mass is 519 g/mol. The average Bonchev–Trinajstić information content (AvgIpc) is 2.81. The van der Waals surface area contributed by atoms with Crippen molar-refractivity contribution in [3.8, 4) is 0 Å². The number of carbonyl (C=O) groups excluding carboxylic acids is 1. The van der Waals surface area contributed by atoms with E-state index in [1.165, 1.54) is 109 Å². The lowest BCUT2D eigenvalue weighted by Gasteiger charge is -2.31. The van der Waals surface area contributed by atoms with Gasteiger partial charge in [-0.05, 0) is 19.8 Å². The summed E-state index contributed by atoms with van der Waals surface area (Å²) < 4.78 is 17.7. The van der Waals surface area contributed by atoms with E-state index in [4.69, 9.17) is 23.2 Å². The molecule has 7 heteroatoms. The third kappa shape index (κ3) is 26.4. The van der Waals surface area contributed by atoms with Crippen LogP contribution in [-0.4, -0.2) is 67.8 Å². The van der Waals surface area contributed by atoms with Gasteiger partial charge in [-0.15, -0.1) is 0 Å². The number of quaternary nitrogens is 1. The quantitative estimate of drug-likeness (QED) is 0.0844. The molecule has 212 valence electrons. The highest BCUT2D eigenvalue weighted by Gasteiger charge is 2.37. The molecule has 0 atom stereocenters. The van der Waals surface area contributed by atoms with Crippen LogP contribution in [0.15, 0.2) is 0 Å². The summed E-state index contributed by atoms with van der Waals surface area (Å²) in [6.07, 6.45) is 24.0. The first-order valence-electron chi connectivity index (χ1n) is 14.3. The normalized spacial score (nSPS) is 11.9. The molecule has 0 fully saturated rings. The van der Waals surface area contributed by atoms with Gasteiger partial charge in [-0.25, -0.2) is 0 Å². The Balaban J connectivity index is 0. The summed E-state index contributed by atoms with van der Waals surface area (Å²) in [4.78, 5) is 8.89. The van der Waals surface area contributed by atoms with Crippen molar-refractivity contribution in [1.29, 1.82) is 0 Å². The number of unbranched alkanes of at least 4 members (excludes halogenated alkanes) is 15. The maximum atomic E-state index is 8.89. The minimum atomic E-state index is -2.40. The third-order valence-corrected chi connectivity index (χ3v) is 9.63. The maximum absolute atomic E-state index is 8.89. The fourth-order valence-corrected chi connectivity index (χ4v) is 6.18. The Morgan fingerprint density at radius 1 is 0.629 bits per heavy atom. The van der Waals surface area contributed by atoms with Crippen molar-refractivity contribution in [3.05, 3.63) is 0 Å². The van der Waals surface area contributed by atoms with Crippen molar-refractivity contribution in [2.45, 2.75) is 129 Å². The van der Waals surface area contributed by atoms with E-state index in [0.29, 0.717) is 0 Å². The van der Waals surface area contributed by atoms with Crippen molar-refractivity contribution >= 4 is 14.8 Å². The molecule has 0 spiro atoms. The van der Waals surface area contributed by atoms with Crippen molar-refractivity contribution < 1.29 is 27.7 Å². The summed E-state index contributed by atoms with van der Waals surface area (Å²) in [6.45, 7) is 5.69. The number of rotatable bonds is 24. The molecule has 0 saturated heterocycles. The number of carboxylic acid groups (broad SMARTS) is 1. The Bertz CT molecular complexity index is 446. The molecule has 0 bridgehead atoms. The Kier molecular flexibility index (Phi) is 26.4. The Morgan fingerprint density at radius 2 is 0.914 bits per heavy atom. The van der Waals surface area contributed by atoms with E-state index < -0.39 is 14.8 Å². The minimum absolute atomic E-state index is 0.900. The van der Waals surface area contributed by atoms with E-state index in [9.17, 15) is 0 Å². The smallest absolute Gasteiger partial charge is 0.500 e. The van der Waals surface area contributed by atoms with Crippen LogP contribution in [0.5, 0.6) is 0 Å². The van der Waals surface area contributed by atoms with Crippen LogP contribution >= 0.6 is 0 Å². The number of nitrogens with zero attached hydrogens (tertiary/aromatic N) is 1. The fraction of sp³-hybridized carbons (Fsp3) is 0.964. The molecule has 0 unspecified atom stereocenters. The number of aliphatic carboxylic acids is 1. The molecular weight excluding hydrogens is 458 g/mol. The second-order valence-corrected chi connectivity index (χ2v) is 13.7. The Morgan fingerprint density at radius 3 is 1.23 bits per heavy atom. The van der Waals surface area contributed by atoms with Crippen LogP contribution < -0.4 is 5.11 Å². The van der Waals surface area contributed by atoms with E-state index >= 15 is 0 Å². The van der Waals surface area contributed by atoms with Crippen LogP contribution in [0.2, 0.25) is 6.04 Å². The van der Waals surface area contributed by atoms with Gasteiger partial charge in [0.15, 0.2) is 0 Å². The van der Waals surface area contributed by atoms with Gasteiger partial charge in [0.25, 0.3) is 0 Å². The average molecular weight is 520 g/mol. The molecule has 0 aliphatic heterocycles. The summed E-state index contributed by atoms with van der Waals surface area (Å²) in [7, 11) is 7.40. The molecular formula is C28H61NO5Si. The summed E-state index contributed by atoms with van der Waals surface area (Å²) >= 11 is 0. The third-order valence-electron chi connectivity index (χ3n) is 6.80. The van der Waals surface area contributed by atoms with Gasteiger partial charge in [-0.3, -0.25) is 0 Å². The summed E-state index contributed by atoms with van der Waals surface area (Å²) in [5.74, 6) is -1.08. The highest BCUT2D eigenvalue weighted by molar-refractivity contribution is 6.60. The van der Waals surface area contributed by atoms with E-state index in [1.54, 1.807) is 21.3 Å².